The SMILES string of the molecule is CC1=CN=C([C@@H]2CCCN2P)C1. The Labute approximate surface area is 76.0 Å². The largest absolute Gasteiger partial charge is 0.279 e. The summed E-state index contributed by atoms with van der Waals surface area (Å²) in [5.74, 6) is 0. The summed E-state index contributed by atoms with van der Waals surface area (Å²) in [5.41, 5.74) is 2.76. The zero-order chi connectivity index (χ0) is 8.55. The summed E-state index contributed by atoms with van der Waals surface area (Å²) in [5, 5.41) is 0. The van der Waals surface area contributed by atoms with E-state index in [0.29, 0.717) is 6.04 Å². The molecule has 2 rings (SSSR count). The molecular formula is C9H15N2P. The lowest BCUT2D eigenvalue weighted by Gasteiger charge is -2.18. The van der Waals surface area contributed by atoms with Gasteiger partial charge in [-0.15, -0.1) is 0 Å². The molecule has 0 bridgehead atoms. The molecule has 0 aromatic heterocycles. The van der Waals surface area contributed by atoms with E-state index in [1.165, 1.54) is 30.7 Å². The van der Waals surface area contributed by atoms with Gasteiger partial charge in [0, 0.05) is 24.9 Å². The molecule has 1 saturated heterocycles. The Morgan fingerprint density at radius 1 is 1.67 bits per heavy atom. The number of hydrogen-bond donors (Lipinski definition) is 0. The van der Waals surface area contributed by atoms with Crippen molar-refractivity contribution in [1.29, 1.82) is 0 Å². The van der Waals surface area contributed by atoms with E-state index < -0.39 is 0 Å². The first-order valence-corrected chi connectivity index (χ1v) is 5.02. The summed E-state index contributed by atoms with van der Waals surface area (Å²) in [7, 11) is 2.81. The van der Waals surface area contributed by atoms with Crippen LogP contribution in [0.2, 0.25) is 0 Å². The minimum Gasteiger partial charge on any atom is -0.279 e. The van der Waals surface area contributed by atoms with Crippen molar-refractivity contribution in [2.24, 2.45) is 4.99 Å². The average Bonchev–Trinajstić information content (AvgIpc) is 2.58. The van der Waals surface area contributed by atoms with Crippen molar-refractivity contribution >= 4 is 15.1 Å². The average molecular weight is 182 g/mol. The molecule has 0 saturated carbocycles. The predicted molar refractivity (Wildman–Crippen MR) is 55.2 cm³/mol. The topological polar surface area (TPSA) is 15.6 Å². The van der Waals surface area contributed by atoms with Crippen molar-refractivity contribution in [2.75, 3.05) is 6.54 Å². The molecule has 0 spiro atoms. The van der Waals surface area contributed by atoms with Crippen molar-refractivity contribution < 1.29 is 0 Å². The summed E-state index contributed by atoms with van der Waals surface area (Å²) in [6.45, 7) is 3.35. The molecule has 2 nitrogen and oxygen atoms in total. The van der Waals surface area contributed by atoms with Gasteiger partial charge in [0.15, 0.2) is 0 Å². The van der Waals surface area contributed by atoms with Crippen LogP contribution in [0.1, 0.15) is 26.2 Å². The van der Waals surface area contributed by atoms with Gasteiger partial charge in [-0.1, -0.05) is 9.39 Å². The lowest BCUT2D eigenvalue weighted by atomic mass is 10.1. The van der Waals surface area contributed by atoms with Crippen LogP contribution < -0.4 is 0 Å². The van der Waals surface area contributed by atoms with Crippen molar-refractivity contribution in [3.63, 3.8) is 0 Å². The fourth-order valence-electron chi connectivity index (χ4n) is 1.92. The Balaban J connectivity index is 2.03. The normalized spacial score (nSPS) is 30.7. The van der Waals surface area contributed by atoms with Gasteiger partial charge in [-0.05, 0) is 25.3 Å². The van der Waals surface area contributed by atoms with Crippen LogP contribution in [0.25, 0.3) is 0 Å². The van der Waals surface area contributed by atoms with Crippen LogP contribution in [-0.4, -0.2) is 23.0 Å². The zero-order valence-electron chi connectivity index (χ0n) is 7.45. The molecular weight excluding hydrogens is 167 g/mol. The van der Waals surface area contributed by atoms with E-state index in [4.69, 9.17) is 0 Å². The number of nitrogens with zero attached hydrogens (tertiary/aromatic N) is 2. The molecule has 0 radical (unpaired) electrons. The number of aliphatic imine (C=N–C) groups is 1. The van der Waals surface area contributed by atoms with Crippen LogP contribution >= 0.6 is 9.39 Å². The second-order valence-electron chi connectivity index (χ2n) is 3.67. The van der Waals surface area contributed by atoms with Crippen molar-refractivity contribution in [1.82, 2.24) is 4.67 Å². The Morgan fingerprint density at radius 2 is 2.50 bits per heavy atom. The number of rotatable bonds is 1. The van der Waals surface area contributed by atoms with Crippen molar-refractivity contribution in [3.8, 4) is 0 Å². The highest BCUT2D eigenvalue weighted by atomic mass is 31.0. The minimum absolute atomic E-state index is 0.601. The molecule has 66 valence electrons. The molecule has 0 aliphatic carbocycles. The first-order valence-electron chi connectivity index (χ1n) is 4.51. The summed E-state index contributed by atoms with van der Waals surface area (Å²) < 4.78 is 2.34. The van der Waals surface area contributed by atoms with Gasteiger partial charge in [-0.25, -0.2) is 0 Å². The maximum absolute atomic E-state index is 4.45. The molecule has 2 atom stereocenters. The smallest absolute Gasteiger partial charge is 0.0516 e. The molecule has 0 N–H and O–H groups in total. The van der Waals surface area contributed by atoms with Gasteiger partial charge in [0.25, 0.3) is 0 Å². The minimum atomic E-state index is 0.601. The van der Waals surface area contributed by atoms with Gasteiger partial charge in [-0.2, -0.15) is 0 Å². The van der Waals surface area contributed by atoms with Gasteiger partial charge in [-0.3, -0.25) is 9.66 Å². The Morgan fingerprint density at radius 3 is 3.00 bits per heavy atom. The van der Waals surface area contributed by atoms with Crippen molar-refractivity contribution in [3.05, 3.63) is 11.8 Å². The first-order chi connectivity index (χ1) is 5.77. The third kappa shape index (κ3) is 1.46. The Bertz CT molecular complexity index is 245. The lowest BCUT2D eigenvalue weighted by molar-refractivity contribution is 0.523. The van der Waals surface area contributed by atoms with Gasteiger partial charge in [0.2, 0.25) is 0 Å². The third-order valence-corrected chi connectivity index (χ3v) is 3.21. The second-order valence-corrected chi connectivity index (χ2v) is 4.33. The van der Waals surface area contributed by atoms with Crippen LogP contribution in [0.5, 0.6) is 0 Å². The molecule has 0 aromatic carbocycles. The monoisotopic (exact) mass is 182 g/mol. The van der Waals surface area contributed by atoms with Crippen molar-refractivity contribution in [2.45, 2.75) is 32.2 Å². The maximum Gasteiger partial charge on any atom is 0.0516 e. The van der Waals surface area contributed by atoms with E-state index in [2.05, 4.69) is 26.0 Å². The molecule has 0 aromatic rings. The molecule has 1 unspecified atom stereocenters. The fraction of sp³-hybridized carbons (Fsp3) is 0.667. The summed E-state index contributed by atoms with van der Waals surface area (Å²) in [4.78, 5) is 4.45. The summed E-state index contributed by atoms with van der Waals surface area (Å²) in [6.07, 6.45) is 5.69. The highest BCUT2D eigenvalue weighted by Gasteiger charge is 2.27. The van der Waals surface area contributed by atoms with Gasteiger partial charge in [0.05, 0.1) is 6.04 Å². The third-order valence-electron chi connectivity index (χ3n) is 2.59. The van der Waals surface area contributed by atoms with E-state index in [1.807, 2.05) is 6.20 Å². The zero-order valence-corrected chi connectivity index (χ0v) is 8.61. The number of allylic oxidation sites excluding steroid dienone is 1. The molecule has 2 heterocycles. The van der Waals surface area contributed by atoms with Crippen LogP contribution in [-0.2, 0) is 0 Å². The predicted octanol–water partition coefficient (Wildman–Crippen LogP) is 1.99. The second kappa shape index (κ2) is 3.27. The highest BCUT2D eigenvalue weighted by Crippen LogP contribution is 2.26. The van der Waals surface area contributed by atoms with Gasteiger partial charge in [0.1, 0.15) is 0 Å². The standard InChI is InChI=1S/C9H15N2P/c1-7-5-8(10-6-7)9-3-2-4-11(9)12/h6,9H,2-5,12H2,1H3/t9-/m0/s1. The molecule has 0 amide bonds. The summed E-state index contributed by atoms with van der Waals surface area (Å²) >= 11 is 0. The van der Waals surface area contributed by atoms with E-state index in [9.17, 15) is 0 Å². The maximum atomic E-state index is 4.45. The molecule has 2 aliphatic rings. The first kappa shape index (κ1) is 8.40. The van der Waals surface area contributed by atoms with E-state index in [-0.39, 0.29) is 0 Å². The van der Waals surface area contributed by atoms with Gasteiger partial charge >= 0.3 is 0 Å². The van der Waals surface area contributed by atoms with Crippen LogP contribution in [0.4, 0.5) is 0 Å². The molecule has 12 heavy (non-hydrogen) atoms. The van der Waals surface area contributed by atoms with E-state index in [1.54, 1.807) is 0 Å². The van der Waals surface area contributed by atoms with E-state index in [0.717, 1.165) is 6.42 Å². The Hall–Kier alpha value is -0.200. The summed E-state index contributed by atoms with van der Waals surface area (Å²) in [6, 6.07) is 0.601. The fourth-order valence-corrected chi connectivity index (χ4v) is 2.42. The quantitative estimate of drug-likeness (QED) is 0.566. The number of hydrogen-bond acceptors (Lipinski definition) is 2. The van der Waals surface area contributed by atoms with Crippen LogP contribution in [0.15, 0.2) is 16.8 Å². The Kier molecular flexibility index (Phi) is 2.29. The van der Waals surface area contributed by atoms with Gasteiger partial charge < -0.3 is 0 Å². The van der Waals surface area contributed by atoms with Crippen LogP contribution in [0, 0.1) is 0 Å². The molecule has 3 heteroatoms. The highest BCUT2D eigenvalue weighted by molar-refractivity contribution is 7.13. The lowest BCUT2D eigenvalue weighted by Crippen LogP contribution is -2.27. The van der Waals surface area contributed by atoms with E-state index >= 15 is 0 Å². The molecule has 2 aliphatic heterocycles. The molecule has 1 fully saturated rings. The van der Waals surface area contributed by atoms with Crippen LogP contribution in [0.3, 0.4) is 0 Å².